The maximum absolute atomic E-state index is 11.3. The number of guanidine groups is 1. The van der Waals surface area contributed by atoms with Gasteiger partial charge in [-0.15, -0.1) is 24.0 Å². The molecule has 1 aromatic rings. The quantitative estimate of drug-likeness (QED) is 0.207. The summed E-state index contributed by atoms with van der Waals surface area (Å²) in [5.41, 5.74) is 2.27. The van der Waals surface area contributed by atoms with E-state index >= 15 is 0 Å². The summed E-state index contributed by atoms with van der Waals surface area (Å²) in [7, 11) is -2.95. The van der Waals surface area contributed by atoms with Gasteiger partial charge in [0.25, 0.3) is 0 Å². The number of sulfone groups is 1. The Balaban J connectivity index is 0.00000676. The first-order valence-electron chi connectivity index (χ1n) is 9.22. The van der Waals surface area contributed by atoms with Gasteiger partial charge in [-0.25, -0.2) is 13.4 Å². The molecule has 0 fully saturated rings. The van der Waals surface area contributed by atoms with Crippen molar-refractivity contribution in [3.8, 4) is 0 Å². The Hall–Kier alpha value is -0.870. The number of hydrogen-bond donors (Lipinski definition) is 2. The minimum atomic E-state index is -2.95. The molecule has 8 heteroatoms. The van der Waals surface area contributed by atoms with Crippen molar-refractivity contribution in [2.45, 2.75) is 52.8 Å². The van der Waals surface area contributed by atoms with E-state index in [4.69, 9.17) is 4.74 Å². The Morgan fingerprint density at radius 2 is 1.89 bits per heavy atom. The van der Waals surface area contributed by atoms with Crippen molar-refractivity contribution in [1.82, 2.24) is 10.6 Å². The monoisotopic (exact) mass is 511 g/mol. The van der Waals surface area contributed by atoms with Crippen molar-refractivity contribution in [2.75, 3.05) is 25.2 Å². The van der Waals surface area contributed by atoms with E-state index in [1.807, 2.05) is 26.0 Å². The van der Waals surface area contributed by atoms with Crippen LogP contribution in [0.2, 0.25) is 0 Å². The highest BCUT2D eigenvalue weighted by molar-refractivity contribution is 14.0. The molecule has 0 saturated heterocycles. The molecule has 0 aromatic heterocycles. The molecule has 0 saturated carbocycles. The van der Waals surface area contributed by atoms with Gasteiger partial charge >= 0.3 is 0 Å². The summed E-state index contributed by atoms with van der Waals surface area (Å²) in [5.74, 6) is 0.857. The van der Waals surface area contributed by atoms with Crippen LogP contribution in [0.3, 0.4) is 0 Å². The molecule has 156 valence electrons. The Labute approximate surface area is 181 Å². The molecule has 0 aliphatic carbocycles. The smallest absolute Gasteiger partial charge is 0.191 e. The predicted molar refractivity (Wildman–Crippen MR) is 124 cm³/mol. The van der Waals surface area contributed by atoms with Gasteiger partial charge in [0.2, 0.25) is 0 Å². The van der Waals surface area contributed by atoms with Crippen LogP contribution in [0.4, 0.5) is 0 Å². The lowest BCUT2D eigenvalue weighted by Gasteiger charge is -2.18. The van der Waals surface area contributed by atoms with Crippen molar-refractivity contribution >= 4 is 39.8 Å². The van der Waals surface area contributed by atoms with Crippen LogP contribution in [0.1, 0.15) is 44.7 Å². The summed E-state index contributed by atoms with van der Waals surface area (Å²) < 4.78 is 28.3. The Morgan fingerprint density at radius 1 is 1.22 bits per heavy atom. The third kappa shape index (κ3) is 12.2. The fourth-order valence-corrected chi connectivity index (χ4v) is 3.14. The van der Waals surface area contributed by atoms with E-state index in [-0.39, 0.29) is 35.8 Å². The first-order chi connectivity index (χ1) is 12.4. The number of benzene rings is 1. The summed E-state index contributed by atoms with van der Waals surface area (Å²) in [6.07, 6.45) is 2.81. The molecule has 1 aromatic carbocycles. The van der Waals surface area contributed by atoms with Crippen LogP contribution >= 0.6 is 24.0 Å². The molecule has 1 atom stereocenters. The molecule has 0 heterocycles. The van der Waals surface area contributed by atoms with E-state index in [2.05, 4.69) is 34.7 Å². The zero-order chi connectivity index (χ0) is 19.4. The van der Waals surface area contributed by atoms with Gasteiger partial charge in [0, 0.05) is 25.4 Å². The first-order valence-corrected chi connectivity index (χ1v) is 11.3. The Morgan fingerprint density at radius 3 is 2.48 bits per heavy atom. The number of halogens is 1. The highest BCUT2D eigenvalue weighted by Gasteiger charge is 2.10. The molecule has 0 spiro atoms. The van der Waals surface area contributed by atoms with Crippen LogP contribution in [-0.4, -0.2) is 45.6 Å². The normalized spacial score (nSPS) is 13.0. The molecule has 1 rings (SSSR count). The minimum Gasteiger partial charge on any atom is -0.377 e. The molecule has 0 amide bonds. The van der Waals surface area contributed by atoms with Crippen molar-refractivity contribution in [3.05, 3.63) is 35.4 Å². The first kappa shape index (κ1) is 26.1. The molecule has 2 N–H and O–H groups in total. The van der Waals surface area contributed by atoms with E-state index in [0.29, 0.717) is 25.5 Å². The maximum atomic E-state index is 11.3. The molecule has 27 heavy (non-hydrogen) atoms. The van der Waals surface area contributed by atoms with Crippen LogP contribution in [0.5, 0.6) is 0 Å². The lowest BCUT2D eigenvalue weighted by molar-refractivity contribution is 0.121. The van der Waals surface area contributed by atoms with E-state index in [0.717, 1.165) is 30.7 Å². The van der Waals surface area contributed by atoms with Crippen LogP contribution in [0.15, 0.2) is 29.3 Å². The van der Waals surface area contributed by atoms with E-state index in [9.17, 15) is 8.42 Å². The average Bonchev–Trinajstić information content (AvgIpc) is 2.59. The number of aliphatic imine (C=N–C) groups is 1. The van der Waals surface area contributed by atoms with Crippen molar-refractivity contribution in [2.24, 2.45) is 4.99 Å². The summed E-state index contributed by atoms with van der Waals surface area (Å²) in [6.45, 7) is 8.69. The van der Waals surface area contributed by atoms with Gasteiger partial charge in [-0.1, -0.05) is 31.2 Å². The van der Waals surface area contributed by atoms with Crippen LogP contribution in [0.25, 0.3) is 0 Å². The number of rotatable bonds is 11. The summed E-state index contributed by atoms with van der Waals surface area (Å²) in [6, 6.07) is 8.16. The van der Waals surface area contributed by atoms with Gasteiger partial charge in [-0.05, 0) is 37.8 Å². The number of ether oxygens (including phenoxy) is 1. The van der Waals surface area contributed by atoms with E-state index < -0.39 is 9.84 Å². The SMILES string of the molecule is CCCOCc1ccccc1CN=C(NCC)NC(C)CCS(C)(=O)=O.I. The van der Waals surface area contributed by atoms with E-state index in [1.54, 1.807) is 0 Å². The highest BCUT2D eigenvalue weighted by atomic mass is 127. The van der Waals surface area contributed by atoms with Crippen LogP contribution < -0.4 is 10.6 Å². The standard InChI is InChI=1S/C19H33N3O3S.HI/c1-5-12-25-15-18-10-8-7-9-17(18)14-21-19(20-6-2)22-16(3)11-13-26(4,23)24;/h7-10,16H,5-6,11-15H2,1-4H3,(H2,20,21,22);1H. The molecule has 0 aliphatic rings. The predicted octanol–water partition coefficient (Wildman–Crippen LogP) is 3.11. The highest BCUT2D eigenvalue weighted by Crippen LogP contribution is 2.11. The summed E-state index contributed by atoms with van der Waals surface area (Å²) in [4.78, 5) is 4.65. The second-order valence-electron chi connectivity index (χ2n) is 6.48. The second-order valence-corrected chi connectivity index (χ2v) is 8.74. The summed E-state index contributed by atoms with van der Waals surface area (Å²) in [5, 5.41) is 6.49. The van der Waals surface area contributed by atoms with Crippen molar-refractivity contribution in [1.29, 1.82) is 0 Å². The van der Waals surface area contributed by atoms with Gasteiger partial charge < -0.3 is 15.4 Å². The van der Waals surface area contributed by atoms with Gasteiger partial charge in [-0.3, -0.25) is 0 Å². The molecule has 0 aliphatic heterocycles. The largest absolute Gasteiger partial charge is 0.377 e. The fraction of sp³-hybridized carbons (Fsp3) is 0.632. The van der Waals surface area contributed by atoms with Crippen LogP contribution in [-0.2, 0) is 27.7 Å². The number of nitrogens with one attached hydrogen (secondary N) is 2. The minimum absolute atomic E-state index is 0. The van der Waals surface area contributed by atoms with Gasteiger partial charge in [0.1, 0.15) is 9.84 Å². The van der Waals surface area contributed by atoms with Gasteiger partial charge in [-0.2, -0.15) is 0 Å². The number of hydrogen-bond acceptors (Lipinski definition) is 4. The molecule has 1 unspecified atom stereocenters. The lowest BCUT2D eigenvalue weighted by atomic mass is 10.1. The summed E-state index contributed by atoms with van der Waals surface area (Å²) >= 11 is 0. The zero-order valence-corrected chi connectivity index (χ0v) is 20.0. The third-order valence-corrected chi connectivity index (χ3v) is 4.76. The molecular formula is C19H34IN3O3S. The molecule has 0 radical (unpaired) electrons. The maximum Gasteiger partial charge on any atom is 0.191 e. The Kier molecular flexibility index (Phi) is 13.7. The second kappa shape index (κ2) is 14.2. The fourth-order valence-electron chi connectivity index (χ4n) is 2.36. The zero-order valence-electron chi connectivity index (χ0n) is 16.8. The topological polar surface area (TPSA) is 79.8 Å². The molecule has 6 nitrogen and oxygen atoms in total. The average molecular weight is 511 g/mol. The number of nitrogens with zero attached hydrogens (tertiary/aromatic N) is 1. The van der Waals surface area contributed by atoms with Gasteiger partial charge in [0.05, 0.1) is 18.9 Å². The molecular weight excluding hydrogens is 477 g/mol. The molecule has 0 bridgehead atoms. The Bertz CT molecular complexity index is 666. The van der Waals surface area contributed by atoms with Crippen molar-refractivity contribution in [3.63, 3.8) is 0 Å². The third-order valence-electron chi connectivity index (χ3n) is 3.78. The van der Waals surface area contributed by atoms with Gasteiger partial charge in [0.15, 0.2) is 5.96 Å². The van der Waals surface area contributed by atoms with Crippen molar-refractivity contribution < 1.29 is 13.2 Å². The van der Waals surface area contributed by atoms with E-state index in [1.165, 1.54) is 6.26 Å². The van der Waals surface area contributed by atoms with Crippen LogP contribution in [0, 0.1) is 0 Å². The lowest BCUT2D eigenvalue weighted by Crippen LogP contribution is -2.42.